The molecule has 1 aliphatic rings. The molecule has 1 unspecified atom stereocenters. The molecule has 1 saturated heterocycles. The summed E-state index contributed by atoms with van der Waals surface area (Å²) in [6.45, 7) is 1.64. The zero-order valence-electron chi connectivity index (χ0n) is 9.98. The van der Waals surface area contributed by atoms with Gasteiger partial charge in [-0.15, -0.1) is 0 Å². The third-order valence-corrected chi connectivity index (χ3v) is 3.04. The largest absolute Gasteiger partial charge is 0.478 e. The van der Waals surface area contributed by atoms with Crippen LogP contribution >= 0.6 is 0 Å². The van der Waals surface area contributed by atoms with Crippen molar-refractivity contribution in [1.29, 1.82) is 0 Å². The lowest BCUT2D eigenvalue weighted by Crippen LogP contribution is -2.37. The lowest BCUT2D eigenvalue weighted by atomic mass is 9.99. The summed E-state index contributed by atoms with van der Waals surface area (Å²) in [4.78, 5) is 22.8. The average molecular weight is 248 g/mol. The van der Waals surface area contributed by atoms with Gasteiger partial charge in [-0.25, -0.2) is 4.79 Å². The zero-order valence-corrected chi connectivity index (χ0v) is 9.98. The molecule has 1 aromatic carbocycles. The summed E-state index contributed by atoms with van der Waals surface area (Å²) >= 11 is 0. The van der Waals surface area contributed by atoms with E-state index in [2.05, 4.69) is 10.6 Å². The molecule has 0 aromatic heterocycles. The zero-order chi connectivity index (χ0) is 13.0. The van der Waals surface area contributed by atoms with E-state index < -0.39 is 5.97 Å². The van der Waals surface area contributed by atoms with Gasteiger partial charge in [0.2, 0.25) is 5.91 Å². The van der Waals surface area contributed by atoms with Crippen molar-refractivity contribution in [3.63, 3.8) is 0 Å². The van der Waals surface area contributed by atoms with E-state index in [1.165, 1.54) is 12.1 Å². The van der Waals surface area contributed by atoms with E-state index in [4.69, 9.17) is 5.11 Å². The molecular weight excluding hydrogens is 232 g/mol. The number of carbonyl (C=O) groups is 2. The normalized spacial score (nSPS) is 19.2. The van der Waals surface area contributed by atoms with Gasteiger partial charge in [0.05, 0.1) is 11.5 Å². The van der Waals surface area contributed by atoms with E-state index >= 15 is 0 Å². The summed E-state index contributed by atoms with van der Waals surface area (Å²) in [5, 5.41) is 14.8. The Morgan fingerprint density at radius 2 is 2.22 bits per heavy atom. The smallest absolute Gasteiger partial charge is 0.335 e. The highest BCUT2D eigenvalue weighted by Crippen LogP contribution is 2.15. The lowest BCUT2D eigenvalue weighted by Gasteiger charge is -2.21. The summed E-state index contributed by atoms with van der Waals surface area (Å²) in [6.07, 6.45) is 1.87. The van der Waals surface area contributed by atoms with E-state index in [-0.39, 0.29) is 17.4 Å². The van der Waals surface area contributed by atoms with Gasteiger partial charge in [0.1, 0.15) is 0 Å². The third-order valence-electron chi connectivity index (χ3n) is 3.04. The van der Waals surface area contributed by atoms with Crippen molar-refractivity contribution in [2.24, 2.45) is 5.92 Å². The van der Waals surface area contributed by atoms with Gasteiger partial charge in [0, 0.05) is 12.2 Å². The Labute approximate surface area is 105 Å². The van der Waals surface area contributed by atoms with E-state index in [1.54, 1.807) is 12.1 Å². The molecule has 1 aromatic rings. The molecule has 1 fully saturated rings. The molecule has 5 heteroatoms. The summed E-state index contributed by atoms with van der Waals surface area (Å²) in [5.74, 6) is -1.08. The Balaban J connectivity index is 2.02. The fourth-order valence-electron chi connectivity index (χ4n) is 2.05. The summed E-state index contributed by atoms with van der Waals surface area (Å²) in [6, 6.07) is 6.29. The number of hydrogen-bond acceptors (Lipinski definition) is 3. The van der Waals surface area contributed by atoms with Crippen LogP contribution in [0, 0.1) is 5.92 Å². The molecule has 1 aliphatic heterocycles. The van der Waals surface area contributed by atoms with Gasteiger partial charge in [-0.1, -0.05) is 6.07 Å². The maximum Gasteiger partial charge on any atom is 0.335 e. The topological polar surface area (TPSA) is 78.4 Å². The Hall–Kier alpha value is -1.88. The molecule has 96 valence electrons. The van der Waals surface area contributed by atoms with Crippen molar-refractivity contribution in [3.8, 4) is 0 Å². The van der Waals surface area contributed by atoms with Crippen LogP contribution in [0.1, 0.15) is 23.2 Å². The Morgan fingerprint density at radius 3 is 2.89 bits per heavy atom. The molecule has 0 bridgehead atoms. The maximum absolute atomic E-state index is 12.0. The second-order valence-corrected chi connectivity index (χ2v) is 4.42. The molecule has 18 heavy (non-hydrogen) atoms. The number of carboxylic acids is 1. The number of anilines is 1. The molecule has 5 nitrogen and oxygen atoms in total. The van der Waals surface area contributed by atoms with Crippen LogP contribution in [0.4, 0.5) is 5.69 Å². The number of carbonyl (C=O) groups excluding carboxylic acids is 1. The van der Waals surface area contributed by atoms with Crippen LogP contribution in [0.3, 0.4) is 0 Å². The number of benzene rings is 1. The number of rotatable bonds is 3. The second-order valence-electron chi connectivity index (χ2n) is 4.42. The van der Waals surface area contributed by atoms with E-state index in [9.17, 15) is 9.59 Å². The third kappa shape index (κ3) is 3.07. The SMILES string of the molecule is O=C(O)c1cccc(NC(=O)C2CCCNC2)c1. The Kier molecular flexibility index (Phi) is 3.94. The minimum absolute atomic E-state index is 0.0350. The molecule has 0 spiro atoms. The molecular formula is C13H16N2O3. The van der Waals surface area contributed by atoms with Crippen LogP contribution in [0.25, 0.3) is 0 Å². The highest BCUT2D eigenvalue weighted by atomic mass is 16.4. The van der Waals surface area contributed by atoms with E-state index in [0.29, 0.717) is 12.2 Å². The highest BCUT2D eigenvalue weighted by Gasteiger charge is 2.20. The predicted molar refractivity (Wildman–Crippen MR) is 67.6 cm³/mol. The minimum Gasteiger partial charge on any atom is -0.478 e. The van der Waals surface area contributed by atoms with E-state index in [0.717, 1.165) is 19.4 Å². The van der Waals surface area contributed by atoms with Gasteiger partial charge < -0.3 is 15.7 Å². The number of piperidine rings is 1. The molecule has 0 aliphatic carbocycles. The average Bonchev–Trinajstić information content (AvgIpc) is 2.40. The first kappa shape index (κ1) is 12.6. The van der Waals surface area contributed by atoms with Crippen LogP contribution in [-0.4, -0.2) is 30.1 Å². The second kappa shape index (κ2) is 5.64. The number of carboxylic acid groups (broad SMARTS) is 1. The van der Waals surface area contributed by atoms with Crippen LogP contribution in [-0.2, 0) is 4.79 Å². The summed E-state index contributed by atoms with van der Waals surface area (Å²) < 4.78 is 0. The van der Waals surface area contributed by atoms with Crippen molar-refractivity contribution in [1.82, 2.24) is 5.32 Å². The molecule has 0 radical (unpaired) electrons. The molecule has 1 amide bonds. The van der Waals surface area contributed by atoms with Crippen molar-refractivity contribution in [2.75, 3.05) is 18.4 Å². The van der Waals surface area contributed by atoms with Gasteiger partial charge in [0.15, 0.2) is 0 Å². The minimum atomic E-state index is -0.995. The Morgan fingerprint density at radius 1 is 1.39 bits per heavy atom. The first-order chi connectivity index (χ1) is 8.66. The van der Waals surface area contributed by atoms with Gasteiger partial charge in [0.25, 0.3) is 0 Å². The number of nitrogens with one attached hydrogen (secondary N) is 2. The summed E-state index contributed by atoms with van der Waals surface area (Å²) in [7, 11) is 0. The van der Waals surface area contributed by atoms with Crippen LogP contribution in [0.15, 0.2) is 24.3 Å². The van der Waals surface area contributed by atoms with Gasteiger partial charge >= 0.3 is 5.97 Å². The number of amides is 1. The van der Waals surface area contributed by atoms with Crippen molar-refractivity contribution < 1.29 is 14.7 Å². The number of hydrogen-bond donors (Lipinski definition) is 3. The monoisotopic (exact) mass is 248 g/mol. The van der Waals surface area contributed by atoms with Crippen LogP contribution < -0.4 is 10.6 Å². The van der Waals surface area contributed by atoms with E-state index in [1.807, 2.05) is 0 Å². The molecule has 1 atom stereocenters. The highest BCUT2D eigenvalue weighted by molar-refractivity contribution is 5.95. The van der Waals surface area contributed by atoms with Gasteiger partial charge in [-0.05, 0) is 37.6 Å². The Bertz CT molecular complexity index is 453. The first-order valence-corrected chi connectivity index (χ1v) is 6.02. The van der Waals surface area contributed by atoms with Crippen LogP contribution in [0.5, 0.6) is 0 Å². The predicted octanol–water partition coefficient (Wildman–Crippen LogP) is 1.32. The fourth-order valence-corrected chi connectivity index (χ4v) is 2.05. The number of aromatic carboxylic acids is 1. The van der Waals surface area contributed by atoms with Crippen LogP contribution in [0.2, 0.25) is 0 Å². The van der Waals surface area contributed by atoms with Crippen molar-refractivity contribution in [3.05, 3.63) is 29.8 Å². The molecule has 2 rings (SSSR count). The van der Waals surface area contributed by atoms with Gasteiger partial charge in [-0.3, -0.25) is 4.79 Å². The van der Waals surface area contributed by atoms with Gasteiger partial charge in [-0.2, -0.15) is 0 Å². The van der Waals surface area contributed by atoms with Crippen molar-refractivity contribution in [2.45, 2.75) is 12.8 Å². The lowest BCUT2D eigenvalue weighted by molar-refractivity contribution is -0.120. The van der Waals surface area contributed by atoms with Crippen molar-refractivity contribution >= 4 is 17.6 Å². The summed E-state index contributed by atoms with van der Waals surface area (Å²) in [5.41, 5.74) is 0.708. The standard InChI is InChI=1S/C13H16N2O3/c16-12(10-4-2-6-14-8-10)15-11-5-1-3-9(7-11)13(17)18/h1,3,5,7,10,14H,2,4,6,8H2,(H,15,16)(H,17,18). The fraction of sp³-hybridized carbons (Fsp3) is 0.385. The molecule has 3 N–H and O–H groups in total. The first-order valence-electron chi connectivity index (χ1n) is 6.02. The molecule has 0 saturated carbocycles. The quantitative estimate of drug-likeness (QED) is 0.754. The molecule has 1 heterocycles. The maximum atomic E-state index is 12.0.